The van der Waals surface area contributed by atoms with Crippen LogP contribution in [0.3, 0.4) is 0 Å². The van der Waals surface area contributed by atoms with E-state index in [4.69, 9.17) is 10.2 Å². The lowest BCUT2D eigenvalue weighted by Crippen LogP contribution is -1.96. The first-order chi connectivity index (χ1) is 5.54. The van der Waals surface area contributed by atoms with Gasteiger partial charge in [0.1, 0.15) is 0 Å². The van der Waals surface area contributed by atoms with Crippen LogP contribution in [-0.2, 0) is 14.3 Å². The van der Waals surface area contributed by atoms with Crippen LogP contribution in [0.1, 0.15) is 20.3 Å². The first-order valence-corrected chi connectivity index (χ1v) is 3.50. The highest BCUT2D eigenvalue weighted by molar-refractivity contribution is 5.66. The van der Waals surface area contributed by atoms with E-state index >= 15 is 0 Å². The van der Waals surface area contributed by atoms with E-state index in [1.54, 1.807) is 6.92 Å². The Morgan fingerprint density at radius 1 is 1.42 bits per heavy atom. The average Bonchev–Trinajstić information content (AvgIpc) is 1.87. The van der Waals surface area contributed by atoms with E-state index in [0.29, 0.717) is 6.61 Å². The lowest BCUT2D eigenvalue weighted by atomic mass is 10.5. The molecule has 5 heteroatoms. The molecule has 0 aromatic heterocycles. The Labute approximate surface area is 71.0 Å². The highest BCUT2D eigenvalue weighted by Crippen LogP contribution is 1.70. The maximum atomic E-state index is 9.82. The fourth-order valence-electron chi connectivity index (χ4n) is 0.299. The number of esters is 1. The summed E-state index contributed by atoms with van der Waals surface area (Å²) in [6.45, 7) is 3.38. The number of aliphatic carboxylic acids is 1. The number of carboxylic acids is 1. The van der Waals surface area contributed by atoms with Gasteiger partial charge in [-0.1, -0.05) is 0 Å². The van der Waals surface area contributed by atoms with Crippen LogP contribution in [0.5, 0.6) is 0 Å². The van der Waals surface area contributed by atoms with Crippen molar-refractivity contribution in [3.8, 4) is 0 Å². The largest absolute Gasteiger partial charge is 0.481 e. The number of carbonyl (C=O) groups excluding carboxylic acids is 1. The molecule has 0 rings (SSSR count). The summed E-state index contributed by atoms with van der Waals surface area (Å²) < 4.78 is 4.40. The van der Waals surface area contributed by atoms with E-state index in [1.165, 1.54) is 6.92 Å². The molecule has 0 unspecified atom stereocenters. The zero-order valence-corrected chi connectivity index (χ0v) is 7.24. The van der Waals surface area contributed by atoms with E-state index < -0.39 is 5.97 Å². The van der Waals surface area contributed by atoms with Crippen LogP contribution in [0.15, 0.2) is 0 Å². The molecule has 0 saturated carbocycles. The van der Waals surface area contributed by atoms with Crippen molar-refractivity contribution in [2.75, 3.05) is 13.2 Å². The number of carboxylic acid groups (broad SMARTS) is 1. The summed E-state index contributed by atoms with van der Waals surface area (Å²) in [4.78, 5) is 19.3. The molecule has 0 aliphatic carbocycles. The van der Waals surface area contributed by atoms with Crippen LogP contribution < -0.4 is 0 Å². The first-order valence-electron chi connectivity index (χ1n) is 3.50. The Morgan fingerprint density at radius 3 is 1.92 bits per heavy atom. The molecule has 0 spiro atoms. The lowest BCUT2D eigenvalue weighted by molar-refractivity contribution is -0.140. The molecule has 0 heterocycles. The van der Waals surface area contributed by atoms with Crippen LogP contribution in [0.2, 0.25) is 0 Å². The van der Waals surface area contributed by atoms with Crippen LogP contribution in [0.4, 0.5) is 0 Å². The van der Waals surface area contributed by atoms with Gasteiger partial charge >= 0.3 is 11.9 Å². The van der Waals surface area contributed by atoms with Crippen molar-refractivity contribution in [3.05, 3.63) is 0 Å². The zero-order chi connectivity index (χ0) is 9.98. The normalized spacial score (nSPS) is 7.92. The Kier molecular flexibility index (Phi) is 11.1. The number of rotatable bonds is 3. The third kappa shape index (κ3) is 23.1. The van der Waals surface area contributed by atoms with Crippen molar-refractivity contribution in [2.24, 2.45) is 0 Å². The van der Waals surface area contributed by atoms with Gasteiger partial charge in [-0.2, -0.15) is 0 Å². The summed E-state index contributed by atoms with van der Waals surface area (Å²) in [7, 11) is 0. The Morgan fingerprint density at radius 2 is 1.92 bits per heavy atom. The monoisotopic (exact) mass is 178 g/mol. The minimum atomic E-state index is -0.961. The highest BCUT2D eigenvalue weighted by atomic mass is 16.5. The van der Waals surface area contributed by atoms with Crippen LogP contribution in [0.25, 0.3) is 0 Å². The van der Waals surface area contributed by atoms with Gasteiger partial charge in [0.2, 0.25) is 0 Å². The van der Waals surface area contributed by atoms with Crippen molar-refractivity contribution in [3.63, 3.8) is 0 Å². The third-order valence-corrected chi connectivity index (χ3v) is 0.673. The molecule has 0 aliphatic heterocycles. The van der Waals surface area contributed by atoms with Crippen LogP contribution >= 0.6 is 0 Å². The Balaban J connectivity index is 0. The van der Waals surface area contributed by atoms with Crippen LogP contribution in [0, 0.1) is 0 Å². The van der Waals surface area contributed by atoms with E-state index in [9.17, 15) is 9.59 Å². The number of ether oxygens (including phenoxy) is 1. The number of carbonyl (C=O) groups is 2. The molecular formula is C7H14O5. The predicted octanol–water partition coefficient (Wildman–Crippen LogP) is 0.0228. The molecule has 0 aromatic carbocycles. The van der Waals surface area contributed by atoms with E-state index in [-0.39, 0.29) is 19.0 Å². The van der Waals surface area contributed by atoms with Crippen molar-refractivity contribution < 1.29 is 24.5 Å². The highest BCUT2D eigenvalue weighted by Gasteiger charge is 1.88. The molecule has 0 aliphatic rings. The molecule has 0 atom stereocenters. The van der Waals surface area contributed by atoms with Gasteiger partial charge < -0.3 is 14.9 Å². The van der Waals surface area contributed by atoms with E-state index in [0.717, 1.165) is 0 Å². The van der Waals surface area contributed by atoms with Gasteiger partial charge in [0, 0.05) is 6.92 Å². The Hall–Kier alpha value is -1.10. The van der Waals surface area contributed by atoms with Gasteiger partial charge in [-0.25, -0.2) is 0 Å². The fourth-order valence-corrected chi connectivity index (χ4v) is 0.299. The average molecular weight is 178 g/mol. The second-order valence-corrected chi connectivity index (χ2v) is 1.79. The van der Waals surface area contributed by atoms with Gasteiger partial charge in [-0.15, -0.1) is 0 Å². The van der Waals surface area contributed by atoms with Gasteiger partial charge in [-0.05, 0) is 6.92 Å². The summed E-state index contributed by atoms with van der Waals surface area (Å²) in [6, 6.07) is 0. The van der Waals surface area contributed by atoms with Crippen molar-refractivity contribution in [2.45, 2.75) is 20.3 Å². The number of aliphatic hydroxyl groups excluding tert-OH is 1. The van der Waals surface area contributed by atoms with Crippen molar-refractivity contribution >= 4 is 11.9 Å². The predicted molar refractivity (Wildman–Crippen MR) is 41.6 cm³/mol. The van der Waals surface area contributed by atoms with Crippen molar-refractivity contribution in [1.29, 1.82) is 0 Å². The standard InChI is InChI=1S/C4H8O2.C3H6O3/c1-3-6-4(2)5;4-2-1-3(5)6/h3H2,1-2H3;4H,1-2H2,(H,5,6). The molecule has 2 N–H and O–H groups in total. The molecule has 0 saturated heterocycles. The van der Waals surface area contributed by atoms with Gasteiger partial charge in [0.25, 0.3) is 0 Å². The van der Waals surface area contributed by atoms with Gasteiger partial charge in [0.15, 0.2) is 0 Å². The smallest absolute Gasteiger partial charge is 0.305 e. The maximum absolute atomic E-state index is 9.82. The molecule has 0 radical (unpaired) electrons. The molecule has 0 fully saturated rings. The fraction of sp³-hybridized carbons (Fsp3) is 0.714. The minimum Gasteiger partial charge on any atom is -0.481 e. The summed E-state index contributed by atoms with van der Waals surface area (Å²) in [6.07, 6.45) is -0.153. The second kappa shape index (κ2) is 9.90. The summed E-state index contributed by atoms with van der Waals surface area (Å²) >= 11 is 0. The SMILES string of the molecule is CCOC(C)=O.O=C(O)CCO. The van der Waals surface area contributed by atoms with E-state index in [1.807, 2.05) is 0 Å². The molecular weight excluding hydrogens is 164 g/mol. The second-order valence-electron chi connectivity index (χ2n) is 1.79. The molecule has 12 heavy (non-hydrogen) atoms. The van der Waals surface area contributed by atoms with Crippen LogP contribution in [-0.4, -0.2) is 35.4 Å². The molecule has 0 amide bonds. The molecule has 0 aromatic rings. The zero-order valence-electron chi connectivity index (χ0n) is 7.24. The molecule has 0 bridgehead atoms. The Bertz CT molecular complexity index is 116. The van der Waals surface area contributed by atoms with Crippen molar-refractivity contribution in [1.82, 2.24) is 0 Å². The third-order valence-electron chi connectivity index (χ3n) is 0.673. The summed E-state index contributed by atoms with van der Waals surface area (Å²) in [5.74, 6) is -1.17. The molecule has 72 valence electrons. The number of aliphatic hydroxyl groups is 1. The topological polar surface area (TPSA) is 83.8 Å². The first kappa shape index (κ1) is 13.5. The maximum Gasteiger partial charge on any atom is 0.305 e. The number of hydrogen-bond donors (Lipinski definition) is 2. The van der Waals surface area contributed by atoms with Gasteiger partial charge in [0.05, 0.1) is 19.6 Å². The molecule has 5 nitrogen and oxygen atoms in total. The lowest BCUT2D eigenvalue weighted by Gasteiger charge is -1.89. The summed E-state index contributed by atoms with van der Waals surface area (Å²) in [5, 5.41) is 15.6. The van der Waals surface area contributed by atoms with E-state index in [2.05, 4.69) is 4.74 Å². The number of hydrogen-bond acceptors (Lipinski definition) is 4. The minimum absolute atomic E-state index is 0.153. The summed E-state index contributed by atoms with van der Waals surface area (Å²) in [5.41, 5.74) is 0. The van der Waals surface area contributed by atoms with Gasteiger partial charge in [-0.3, -0.25) is 9.59 Å². The quantitative estimate of drug-likeness (QED) is 0.595.